The first-order valence-electron chi connectivity index (χ1n) is 6.32. The molecule has 0 unspecified atom stereocenters. The lowest BCUT2D eigenvalue weighted by atomic mass is 10.0. The molecule has 0 bridgehead atoms. The van der Waals surface area contributed by atoms with E-state index >= 15 is 0 Å². The average Bonchev–Trinajstić information content (AvgIpc) is 2.82. The largest absolute Gasteiger partial charge is 0.478 e. The number of aliphatic carboxylic acids is 1. The summed E-state index contributed by atoms with van der Waals surface area (Å²) in [5.74, 6) is -0.199. The Kier molecular flexibility index (Phi) is 3.70. The number of hydrogen-bond donors (Lipinski definition) is 1. The third kappa shape index (κ3) is 2.40. The molecule has 96 valence electrons. The Hall–Kier alpha value is -1.77. The van der Waals surface area contributed by atoms with Crippen molar-refractivity contribution in [3.05, 3.63) is 35.9 Å². The maximum atomic E-state index is 11.5. The lowest BCUT2D eigenvalue weighted by Crippen LogP contribution is -2.41. The molecule has 0 spiro atoms. The van der Waals surface area contributed by atoms with E-state index < -0.39 is 11.6 Å². The minimum absolute atomic E-state index is 0.590. The number of hydrogen-bond acceptors (Lipinski definition) is 2. The van der Waals surface area contributed by atoms with Crippen LogP contribution in [0, 0.1) is 0 Å². The predicted octanol–water partition coefficient (Wildman–Crippen LogP) is 3.50. The van der Waals surface area contributed by atoms with Crippen LogP contribution in [0.15, 0.2) is 30.3 Å². The summed E-state index contributed by atoms with van der Waals surface area (Å²) in [7, 11) is 0. The van der Waals surface area contributed by atoms with E-state index in [1.807, 2.05) is 43.3 Å². The standard InChI is InChI=1S/C15H18O3/c1-2-7-12-8-3-4-9-13(12)18-15(14(16)17)10-5-6-11-15/h2-4,7-9H,5-6,10-11H2,1H3,(H,16,17)/b7-2+. The van der Waals surface area contributed by atoms with E-state index in [2.05, 4.69) is 0 Å². The zero-order chi connectivity index (χ0) is 13.0. The second-order valence-electron chi connectivity index (χ2n) is 4.65. The van der Waals surface area contributed by atoms with Crippen LogP contribution in [0.1, 0.15) is 38.2 Å². The molecule has 0 saturated heterocycles. The maximum Gasteiger partial charge on any atom is 0.348 e. The molecule has 3 heteroatoms. The van der Waals surface area contributed by atoms with E-state index in [0.717, 1.165) is 18.4 Å². The number of allylic oxidation sites excluding steroid dienone is 1. The lowest BCUT2D eigenvalue weighted by molar-refractivity contribution is -0.154. The zero-order valence-electron chi connectivity index (χ0n) is 10.6. The molecular weight excluding hydrogens is 228 g/mol. The molecule has 1 N–H and O–H groups in total. The number of benzene rings is 1. The second kappa shape index (κ2) is 5.25. The monoisotopic (exact) mass is 246 g/mol. The van der Waals surface area contributed by atoms with Gasteiger partial charge in [-0.3, -0.25) is 0 Å². The van der Waals surface area contributed by atoms with Crippen LogP contribution >= 0.6 is 0 Å². The van der Waals surface area contributed by atoms with Crippen LogP contribution in [-0.2, 0) is 4.79 Å². The van der Waals surface area contributed by atoms with Crippen molar-refractivity contribution in [2.24, 2.45) is 0 Å². The predicted molar refractivity (Wildman–Crippen MR) is 70.6 cm³/mol. The van der Waals surface area contributed by atoms with Crippen LogP contribution in [0.2, 0.25) is 0 Å². The SMILES string of the molecule is C/C=C/c1ccccc1OC1(C(=O)O)CCCC1. The van der Waals surface area contributed by atoms with Crippen molar-refractivity contribution in [1.29, 1.82) is 0 Å². The number of rotatable bonds is 4. The van der Waals surface area contributed by atoms with Gasteiger partial charge < -0.3 is 9.84 Å². The lowest BCUT2D eigenvalue weighted by Gasteiger charge is -2.26. The van der Waals surface area contributed by atoms with Crippen molar-refractivity contribution < 1.29 is 14.6 Å². The van der Waals surface area contributed by atoms with E-state index in [1.165, 1.54) is 0 Å². The topological polar surface area (TPSA) is 46.5 Å². The summed E-state index contributed by atoms with van der Waals surface area (Å²) in [5.41, 5.74) is -0.106. The van der Waals surface area contributed by atoms with Gasteiger partial charge in [0.1, 0.15) is 5.75 Å². The van der Waals surface area contributed by atoms with Crippen molar-refractivity contribution in [2.75, 3.05) is 0 Å². The molecule has 0 atom stereocenters. The van der Waals surface area contributed by atoms with Gasteiger partial charge in [-0.15, -0.1) is 0 Å². The van der Waals surface area contributed by atoms with Gasteiger partial charge in [0.05, 0.1) is 0 Å². The second-order valence-corrected chi connectivity index (χ2v) is 4.65. The summed E-state index contributed by atoms with van der Waals surface area (Å²) in [6.07, 6.45) is 6.86. The highest BCUT2D eigenvalue weighted by atomic mass is 16.5. The first kappa shape index (κ1) is 12.7. The maximum absolute atomic E-state index is 11.5. The number of carboxylic acid groups (broad SMARTS) is 1. The molecule has 0 radical (unpaired) electrons. The molecule has 1 fully saturated rings. The molecule has 1 saturated carbocycles. The molecule has 0 amide bonds. The molecule has 1 aromatic rings. The van der Waals surface area contributed by atoms with Gasteiger partial charge >= 0.3 is 5.97 Å². The summed E-state index contributed by atoms with van der Waals surface area (Å²) in [6, 6.07) is 7.55. The Morgan fingerprint density at radius 3 is 2.61 bits per heavy atom. The fourth-order valence-electron chi connectivity index (χ4n) is 2.41. The van der Waals surface area contributed by atoms with Gasteiger partial charge in [0.15, 0.2) is 0 Å². The van der Waals surface area contributed by atoms with E-state index in [1.54, 1.807) is 0 Å². The molecule has 2 rings (SSSR count). The van der Waals surface area contributed by atoms with Crippen molar-refractivity contribution in [3.63, 3.8) is 0 Å². The Balaban J connectivity index is 2.30. The normalized spacial score (nSPS) is 18.1. The quantitative estimate of drug-likeness (QED) is 0.884. The molecule has 0 heterocycles. The Morgan fingerprint density at radius 2 is 2.00 bits per heavy atom. The van der Waals surface area contributed by atoms with Gasteiger partial charge in [0.2, 0.25) is 5.60 Å². The molecule has 1 aliphatic carbocycles. The van der Waals surface area contributed by atoms with Crippen LogP contribution < -0.4 is 4.74 Å². The third-order valence-corrected chi connectivity index (χ3v) is 3.37. The first-order chi connectivity index (χ1) is 8.68. The molecule has 3 nitrogen and oxygen atoms in total. The number of ether oxygens (including phenoxy) is 1. The van der Waals surface area contributed by atoms with Crippen LogP contribution in [0.3, 0.4) is 0 Å². The van der Waals surface area contributed by atoms with Crippen molar-refractivity contribution in [2.45, 2.75) is 38.2 Å². The number of para-hydroxylation sites is 1. The Morgan fingerprint density at radius 1 is 1.33 bits per heavy atom. The van der Waals surface area contributed by atoms with Gasteiger partial charge in [-0.1, -0.05) is 30.4 Å². The fraction of sp³-hybridized carbons (Fsp3) is 0.400. The van der Waals surface area contributed by atoms with Crippen molar-refractivity contribution >= 4 is 12.0 Å². The van der Waals surface area contributed by atoms with Gasteiger partial charge in [-0.05, 0) is 38.7 Å². The number of carboxylic acids is 1. The van der Waals surface area contributed by atoms with Gasteiger partial charge in [0, 0.05) is 5.56 Å². The summed E-state index contributed by atoms with van der Waals surface area (Å²) in [4.78, 5) is 11.5. The molecule has 0 aliphatic heterocycles. The van der Waals surface area contributed by atoms with Crippen LogP contribution in [0.25, 0.3) is 6.08 Å². The molecule has 1 aromatic carbocycles. The Labute approximate surface area is 107 Å². The third-order valence-electron chi connectivity index (χ3n) is 3.37. The molecule has 1 aliphatic rings. The summed E-state index contributed by atoms with van der Waals surface area (Å²) < 4.78 is 5.86. The van der Waals surface area contributed by atoms with E-state index in [0.29, 0.717) is 18.6 Å². The van der Waals surface area contributed by atoms with E-state index in [4.69, 9.17) is 4.74 Å². The molecule has 0 aromatic heterocycles. The highest BCUT2D eigenvalue weighted by molar-refractivity contribution is 5.78. The minimum Gasteiger partial charge on any atom is -0.478 e. The van der Waals surface area contributed by atoms with Crippen molar-refractivity contribution in [3.8, 4) is 5.75 Å². The van der Waals surface area contributed by atoms with Gasteiger partial charge in [0.25, 0.3) is 0 Å². The van der Waals surface area contributed by atoms with Gasteiger partial charge in [-0.25, -0.2) is 4.79 Å². The van der Waals surface area contributed by atoms with Crippen LogP contribution in [-0.4, -0.2) is 16.7 Å². The minimum atomic E-state index is -1.03. The van der Waals surface area contributed by atoms with Crippen LogP contribution in [0.5, 0.6) is 5.75 Å². The van der Waals surface area contributed by atoms with Gasteiger partial charge in [-0.2, -0.15) is 0 Å². The average molecular weight is 246 g/mol. The summed E-state index contributed by atoms with van der Waals surface area (Å²) >= 11 is 0. The smallest absolute Gasteiger partial charge is 0.348 e. The zero-order valence-corrected chi connectivity index (χ0v) is 10.6. The summed E-state index contributed by atoms with van der Waals surface area (Å²) in [6.45, 7) is 1.93. The number of carbonyl (C=O) groups is 1. The highest BCUT2D eigenvalue weighted by Crippen LogP contribution is 2.36. The first-order valence-corrected chi connectivity index (χ1v) is 6.32. The van der Waals surface area contributed by atoms with E-state index in [9.17, 15) is 9.90 Å². The van der Waals surface area contributed by atoms with E-state index in [-0.39, 0.29) is 0 Å². The van der Waals surface area contributed by atoms with Crippen LogP contribution in [0.4, 0.5) is 0 Å². The molecule has 18 heavy (non-hydrogen) atoms. The fourth-order valence-corrected chi connectivity index (χ4v) is 2.41. The highest BCUT2D eigenvalue weighted by Gasteiger charge is 2.44. The van der Waals surface area contributed by atoms with Crippen molar-refractivity contribution in [1.82, 2.24) is 0 Å². The summed E-state index contributed by atoms with van der Waals surface area (Å²) in [5, 5.41) is 9.40. The molecular formula is C15H18O3. The Bertz CT molecular complexity index is 457.